The van der Waals surface area contributed by atoms with Gasteiger partial charge in [-0.2, -0.15) is 0 Å². The van der Waals surface area contributed by atoms with Crippen molar-refractivity contribution in [1.82, 2.24) is 9.88 Å². The molecule has 0 bridgehead atoms. The minimum Gasteiger partial charge on any atom is -0.399 e. The van der Waals surface area contributed by atoms with Crippen LogP contribution in [0.1, 0.15) is 12.8 Å². The number of pyridine rings is 1. The Morgan fingerprint density at radius 3 is 3.06 bits per heavy atom. The number of aromatic nitrogens is 1. The van der Waals surface area contributed by atoms with Gasteiger partial charge in [0, 0.05) is 37.6 Å². The van der Waals surface area contributed by atoms with E-state index in [1.54, 1.807) is 6.20 Å². The second kappa shape index (κ2) is 4.70. The molecule has 1 aromatic rings. The van der Waals surface area contributed by atoms with Gasteiger partial charge in [-0.1, -0.05) is 0 Å². The molecule has 0 radical (unpaired) electrons. The van der Waals surface area contributed by atoms with Crippen LogP contribution in [0, 0.1) is 0 Å². The van der Waals surface area contributed by atoms with Gasteiger partial charge in [0.1, 0.15) is 5.82 Å². The molecule has 88 valence electrons. The molecular weight excluding hydrogens is 200 g/mol. The molecule has 0 saturated carbocycles. The molecular formula is C12H20N4. The Labute approximate surface area is 97.1 Å². The Bertz CT molecular complexity index is 353. The minimum absolute atomic E-state index is 0.549. The van der Waals surface area contributed by atoms with Gasteiger partial charge in [-0.3, -0.25) is 0 Å². The molecule has 1 saturated heterocycles. The van der Waals surface area contributed by atoms with Gasteiger partial charge >= 0.3 is 0 Å². The maximum Gasteiger partial charge on any atom is 0.130 e. The number of anilines is 2. The number of hydrogen-bond donors (Lipinski definition) is 1. The molecule has 1 aliphatic heterocycles. The number of hydrogen-bond acceptors (Lipinski definition) is 4. The third-order valence-corrected chi connectivity index (χ3v) is 3.28. The maximum absolute atomic E-state index is 5.78. The topological polar surface area (TPSA) is 45.4 Å². The molecule has 1 fully saturated rings. The molecule has 2 rings (SSSR count). The Hall–Kier alpha value is -1.29. The second-order valence-electron chi connectivity index (χ2n) is 4.62. The van der Waals surface area contributed by atoms with Gasteiger partial charge < -0.3 is 15.5 Å². The van der Waals surface area contributed by atoms with Crippen molar-refractivity contribution in [1.29, 1.82) is 0 Å². The fraction of sp³-hybridized carbons (Fsp3) is 0.583. The summed E-state index contributed by atoms with van der Waals surface area (Å²) < 4.78 is 0. The van der Waals surface area contributed by atoms with Crippen LogP contribution in [0.4, 0.5) is 11.5 Å². The van der Waals surface area contributed by atoms with E-state index in [9.17, 15) is 0 Å². The first-order valence-electron chi connectivity index (χ1n) is 5.80. The van der Waals surface area contributed by atoms with E-state index >= 15 is 0 Å². The molecule has 1 aromatic heterocycles. The number of likely N-dealkylation sites (N-methyl/N-ethyl adjacent to an activating group) is 2. The summed E-state index contributed by atoms with van der Waals surface area (Å²) in [5.41, 5.74) is 6.55. The molecule has 0 amide bonds. The zero-order chi connectivity index (χ0) is 11.5. The SMILES string of the molecule is CN1CCCC(N(C)c2cc(N)ccn2)C1. The third-order valence-electron chi connectivity index (χ3n) is 3.28. The molecule has 16 heavy (non-hydrogen) atoms. The van der Waals surface area contributed by atoms with E-state index in [0.29, 0.717) is 6.04 Å². The van der Waals surface area contributed by atoms with Gasteiger partial charge in [0.15, 0.2) is 0 Å². The molecule has 0 spiro atoms. The van der Waals surface area contributed by atoms with E-state index < -0.39 is 0 Å². The average molecular weight is 220 g/mol. The van der Waals surface area contributed by atoms with Crippen LogP contribution in [0.15, 0.2) is 18.3 Å². The van der Waals surface area contributed by atoms with E-state index in [1.165, 1.54) is 19.4 Å². The van der Waals surface area contributed by atoms with Crippen LogP contribution >= 0.6 is 0 Å². The Kier molecular flexibility index (Phi) is 3.29. The van der Waals surface area contributed by atoms with E-state index in [0.717, 1.165) is 18.1 Å². The molecule has 0 aromatic carbocycles. The lowest BCUT2D eigenvalue weighted by Gasteiger charge is -2.36. The van der Waals surface area contributed by atoms with E-state index in [1.807, 2.05) is 12.1 Å². The highest BCUT2D eigenvalue weighted by Crippen LogP contribution is 2.20. The lowest BCUT2D eigenvalue weighted by Crippen LogP contribution is -2.45. The number of likely N-dealkylation sites (tertiary alicyclic amines) is 1. The monoisotopic (exact) mass is 220 g/mol. The van der Waals surface area contributed by atoms with Crippen molar-refractivity contribution < 1.29 is 0 Å². The summed E-state index contributed by atoms with van der Waals surface area (Å²) in [5, 5.41) is 0. The first-order valence-corrected chi connectivity index (χ1v) is 5.80. The Morgan fingerprint density at radius 1 is 1.56 bits per heavy atom. The Balaban J connectivity index is 2.09. The minimum atomic E-state index is 0.549. The highest BCUT2D eigenvalue weighted by molar-refractivity contribution is 5.50. The van der Waals surface area contributed by atoms with Crippen molar-refractivity contribution in [2.45, 2.75) is 18.9 Å². The molecule has 4 heteroatoms. The molecule has 0 aliphatic carbocycles. The normalized spacial score (nSPS) is 22.0. The lowest BCUT2D eigenvalue weighted by molar-refractivity contribution is 0.247. The van der Waals surface area contributed by atoms with Gasteiger partial charge in [0.2, 0.25) is 0 Å². The molecule has 2 N–H and O–H groups in total. The predicted octanol–water partition coefficient (Wildman–Crippen LogP) is 1.19. The lowest BCUT2D eigenvalue weighted by atomic mass is 10.1. The summed E-state index contributed by atoms with van der Waals surface area (Å²) >= 11 is 0. The number of nitrogens with zero attached hydrogens (tertiary/aromatic N) is 3. The molecule has 1 aliphatic rings. The summed E-state index contributed by atoms with van der Waals surface area (Å²) in [7, 11) is 4.28. The van der Waals surface area contributed by atoms with Crippen LogP contribution in [0.2, 0.25) is 0 Å². The van der Waals surface area contributed by atoms with Crippen LogP contribution in [-0.4, -0.2) is 43.1 Å². The van der Waals surface area contributed by atoms with Crippen molar-refractivity contribution in [2.24, 2.45) is 0 Å². The summed E-state index contributed by atoms with van der Waals surface area (Å²) in [4.78, 5) is 8.98. The number of piperidine rings is 1. The highest BCUT2D eigenvalue weighted by Gasteiger charge is 2.21. The summed E-state index contributed by atoms with van der Waals surface area (Å²) in [6.07, 6.45) is 4.26. The summed E-state index contributed by atoms with van der Waals surface area (Å²) in [5.74, 6) is 0.973. The summed E-state index contributed by atoms with van der Waals surface area (Å²) in [6.45, 7) is 2.31. The average Bonchev–Trinajstić information content (AvgIpc) is 2.28. The first kappa shape index (κ1) is 11.2. The van der Waals surface area contributed by atoms with E-state index in [2.05, 4.69) is 28.9 Å². The van der Waals surface area contributed by atoms with Gasteiger partial charge in [-0.05, 0) is 32.5 Å². The van der Waals surface area contributed by atoms with Crippen LogP contribution < -0.4 is 10.6 Å². The Morgan fingerprint density at radius 2 is 2.38 bits per heavy atom. The predicted molar refractivity (Wildman–Crippen MR) is 67.6 cm³/mol. The van der Waals surface area contributed by atoms with Crippen LogP contribution in [0.25, 0.3) is 0 Å². The van der Waals surface area contributed by atoms with Gasteiger partial charge in [0.05, 0.1) is 0 Å². The largest absolute Gasteiger partial charge is 0.399 e. The fourth-order valence-electron chi connectivity index (χ4n) is 2.27. The van der Waals surface area contributed by atoms with Crippen molar-refractivity contribution in [2.75, 3.05) is 37.8 Å². The molecule has 4 nitrogen and oxygen atoms in total. The smallest absolute Gasteiger partial charge is 0.130 e. The van der Waals surface area contributed by atoms with Crippen LogP contribution in [-0.2, 0) is 0 Å². The highest BCUT2D eigenvalue weighted by atomic mass is 15.2. The van der Waals surface area contributed by atoms with Crippen molar-refractivity contribution in [3.8, 4) is 0 Å². The number of nitrogen functional groups attached to an aromatic ring is 1. The van der Waals surface area contributed by atoms with E-state index in [4.69, 9.17) is 5.73 Å². The van der Waals surface area contributed by atoms with Gasteiger partial charge in [-0.25, -0.2) is 4.98 Å². The van der Waals surface area contributed by atoms with Crippen molar-refractivity contribution in [3.63, 3.8) is 0 Å². The first-order chi connectivity index (χ1) is 7.66. The fourth-order valence-corrected chi connectivity index (χ4v) is 2.27. The molecule has 2 heterocycles. The quantitative estimate of drug-likeness (QED) is 0.813. The van der Waals surface area contributed by atoms with Gasteiger partial charge in [0.25, 0.3) is 0 Å². The van der Waals surface area contributed by atoms with Crippen molar-refractivity contribution in [3.05, 3.63) is 18.3 Å². The zero-order valence-electron chi connectivity index (χ0n) is 10.1. The summed E-state index contributed by atoms with van der Waals surface area (Å²) in [6, 6.07) is 4.31. The van der Waals surface area contributed by atoms with Crippen LogP contribution in [0.3, 0.4) is 0 Å². The number of nitrogens with two attached hydrogens (primary N) is 1. The van der Waals surface area contributed by atoms with E-state index in [-0.39, 0.29) is 0 Å². The van der Waals surface area contributed by atoms with Crippen LogP contribution in [0.5, 0.6) is 0 Å². The number of rotatable bonds is 2. The molecule has 1 unspecified atom stereocenters. The maximum atomic E-state index is 5.78. The standard InChI is InChI=1S/C12H20N4/c1-15-7-3-4-11(9-15)16(2)12-8-10(13)5-6-14-12/h5-6,8,11H,3-4,7,9H2,1-2H3,(H2,13,14). The zero-order valence-corrected chi connectivity index (χ0v) is 10.1. The van der Waals surface area contributed by atoms with Gasteiger partial charge in [-0.15, -0.1) is 0 Å². The second-order valence-corrected chi connectivity index (χ2v) is 4.62. The third kappa shape index (κ3) is 2.44. The van der Waals surface area contributed by atoms with Crippen molar-refractivity contribution >= 4 is 11.5 Å². The molecule has 1 atom stereocenters.